The number of rotatable bonds is 2. The molecular formula is C7H12N2O. The molecule has 56 valence electrons. The fourth-order valence-corrected chi connectivity index (χ4v) is 1.67. The summed E-state index contributed by atoms with van der Waals surface area (Å²) in [5.41, 5.74) is 6.74. The second-order valence-electron chi connectivity index (χ2n) is 2.88. The second kappa shape index (κ2) is 2.25. The van der Waals surface area contributed by atoms with Crippen LogP contribution in [0.1, 0.15) is 6.42 Å². The first kappa shape index (κ1) is 6.19. The fourth-order valence-electron chi connectivity index (χ4n) is 1.67. The summed E-state index contributed by atoms with van der Waals surface area (Å²) < 4.78 is 5.17. The summed E-state index contributed by atoms with van der Waals surface area (Å²) in [5.74, 6) is 0.684. The van der Waals surface area contributed by atoms with Gasteiger partial charge in [-0.2, -0.15) is 0 Å². The third-order valence-corrected chi connectivity index (χ3v) is 2.25. The number of hydrogen-bond acceptors (Lipinski definition) is 3. The minimum absolute atomic E-state index is 0.527. The third kappa shape index (κ3) is 0.744. The Morgan fingerprint density at radius 1 is 1.80 bits per heavy atom. The first-order valence-corrected chi connectivity index (χ1v) is 3.66. The van der Waals surface area contributed by atoms with Crippen molar-refractivity contribution in [2.24, 2.45) is 11.7 Å². The van der Waals surface area contributed by atoms with Crippen LogP contribution in [0.2, 0.25) is 0 Å². The van der Waals surface area contributed by atoms with E-state index in [4.69, 9.17) is 10.5 Å². The molecule has 2 heterocycles. The molecule has 1 aliphatic carbocycles. The molecule has 1 saturated carbocycles. The average Bonchev–Trinajstić information content (AvgIpc) is 2.01. The maximum atomic E-state index is 5.36. The first-order chi connectivity index (χ1) is 4.92. The van der Waals surface area contributed by atoms with Crippen LogP contribution in [0.5, 0.6) is 0 Å². The Morgan fingerprint density at radius 3 is 3.20 bits per heavy atom. The average molecular weight is 140 g/mol. The van der Waals surface area contributed by atoms with Gasteiger partial charge in [0.2, 0.25) is 0 Å². The molecule has 3 heteroatoms. The highest BCUT2D eigenvalue weighted by molar-refractivity contribution is 5.23. The molecule has 3 N–H and O–H groups in total. The Bertz CT molecular complexity index is 167. The third-order valence-electron chi connectivity index (χ3n) is 2.25. The molecule has 0 aromatic carbocycles. The van der Waals surface area contributed by atoms with Gasteiger partial charge in [0.15, 0.2) is 0 Å². The van der Waals surface area contributed by atoms with E-state index in [2.05, 4.69) is 5.32 Å². The number of fused-ring (bicyclic) bond motifs is 2. The molecule has 2 unspecified atom stereocenters. The van der Waals surface area contributed by atoms with Crippen LogP contribution in [0, 0.1) is 5.92 Å². The van der Waals surface area contributed by atoms with Crippen molar-refractivity contribution in [2.75, 3.05) is 13.3 Å². The van der Waals surface area contributed by atoms with Crippen molar-refractivity contribution in [2.45, 2.75) is 12.5 Å². The van der Waals surface area contributed by atoms with Crippen molar-refractivity contribution >= 4 is 0 Å². The molecule has 2 bridgehead atoms. The highest BCUT2D eigenvalue weighted by atomic mass is 16.5. The normalized spacial score (nSPS) is 35.9. The molecule has 0 aromatic heterocycles. The zero-order valence-corrected chi connectivity index (χ0v) is 5.84. The highest BCUT2D eigenvalue weighted by Crippen LogP contribution is 2.37. The quantitative estimate of drug-likeness (QED) is 0.522. The van der Waals surface area contributed by atoms with Gasteiger partial charge in [-0.15, -0.1) is 0 Å². The SMILES string of the molecule is NCNC1C2=COCC1C2. The van der Waals surface area contributed by atoms with Crippen molar-refractivity contribution in [1.29, 1.82) is 0 Å². The van der Waals surface area contributed by atoms with E-state index in [1.165, 1.54) is 12.0 Å². The molecule has 0 radical (unpaired) electrons. The van der Waals surface area contributed by atoms with Gasteiger partial charge < -0.3 is 10.5 Å². The lowest BCUT2D eigenvalue weighted by Crippen LogP contribution is -2.51. The minimum Gasteiger partial charge on any atom is -0.501 e. The summed E-state index contributed by atoms with van der Waals surface area (Å²) in [5, 5.41) is 3.21. The number of nitrogens with one attached hydrogen (secondary N) is 1. The summed E-state index contributed by atoms with van der Waals surface area (Å²) in [6.07, 6.45) is 3.07. The number of nitrogens with two attached hydrogens (primary N) is 1. The van der Waals surface area contributed by atoms with Crippen LogP contribution in [0.25, 0.3) is 0 Å². The lowest BCUT2D eigenvalue weighted by Gasteiger charge is -2.42. The summed E-state index contributed by atoms with van der Waals surface area (Å²) in [6, 6.07) is 0.527. The molecule has 2 aliphatic heterocycles. The monoisotopic (exact) mass is 140 g/mol. The fraction of sp³-hybridized carbons (Fsp3) is 0.714. The van der Waals surface area contributed by atoms with E-state index in [0.717, 1.165) is 6.61 Å². The highest BCUT2D eigenvalue weighted by Gasteiger charge is 2.38. The predicted molar refractivity (Wildman–Crippen MR) is 38.1 cm³/mol. The van der Waals surface area contributed by atoms with Crippen LogP contribution >= 0.6 is 0 Å². The summed E-state index contributed by atoms with van der Waals surface area (Å²) in [7, 11) is 0. The first-order valence-electron chi connectivity index (χ1n) is 3.66. The molecule has 3 aliphatic rings. The van der Waals surface area contributed by atoms with Crippen LogP contribution in [0.15, 0.2) is 11.8 Å². The van der Waals surface area contributed by atoms with Gasteiger partial charge in [-0.05, 0) is 12.0 Å². The Morgan fingerprint density at radius 2 is 2.70 bits per heavy atom. The van der Waals surface area contributed by atoms with Crippen molar-refractivity contribution < 1.29 is 4.74 Å². The van der Waals surface area contributed by atoms with Gasteiger partial charge >= 0.3 is 0 Å². The Balaban J connectivity index is 2.00. The molecular weight excluding hydrogens is 128 g/mol. The standard InChI is InChI=1S/C7H12N2O/c8-4-9-7-5-1-6(7)3-10-2-5/h2,6-7,9H,1,3-4,8H2. The van der Waals surface area contributed by atoms with Crippen LogP contribution in [-0.4, -0.2) is 19.3 Å². The molecule has 3 nitrogen and oxygen atoms in total. The lowest BCUT2D eigenvalue weighted by atomic mass is 9.74. The van der Waals surface area contributed by atoms with E-state index >= 15 is 0 Å². The smallest absolute Gasteiger partial charge is 0.0922 e. The van der Waals surface area contributed by atoms with Gasteiger partial charge in [-0.1, -0.05) is 0 Å². The maximum absolute atomic E-state index is 5.36. The minimum atomic E-state index is 0.527. The van der Waals surface area contributed by atoms with E-state index in [9.17, 15) is 0 Å². The van der Waals surface area contributed by atoms with E-state index in [1.54, 1.807) is 0 Å². The van der Waals surface area contributed by atoms with Crippen molar-refractivity contribution in [3.8, 4) is 0 Å². The molecule has 0 spiro atoms. The van der Waals surface area contributed by atoms with Gasteiger partial charge in [0.1, 0.15) is 0 Å². The van der Waals surface area contributed by atoms with Crippen LogP contribution in [0.3, 0.4) is 0 Å². The second-order valence-corrected chi connectivity index (χ2v) is 2.88. The van der Waals surface area contributed by atoms with E-state index in [0.29, 0.717) is 18.6 Å². The molecule has 0 amide bonds. The largest absolute Gasteiger partial charge is 0.501 e. The van der Waals surface area contributed by atoms with Crippen LogP contribution < -0.4 is 11.1 Å². The zero-order chi connectivity index (χ0) is 6.97. The van der Waals surface area contributed by atoms with E-state index < -0.39 is 0 Å². The molecule has 0 saturated heterocycles. The summed E-state index contributed by atoms with van der Waals surface area (Å²) >= 11 is 0. The topological polar surface area (TPSA) is 47.3 Å². The zero-order valence-electron chi connectivity index (χ0n) is 5.84. The van der Waals surface area contributed by atoms with Crippen molar-refractivity contribution in [3.63, 3.8) is 0 Å². The molecule has 0 aromatic rings. The van der Waals surface area contributed by atoms with Gasteiger partial charge in [-0.3, -0.25) is 5.32 Å². The van der Waals surface area contributed by atoms with Crippen molar-refractivity contribution in [3.05, 3.63) is 11.8 Å². The summed E-state index contributed by atoms with van der Waals surface area (Å²) in [6.45, 7) is 1.43. The number of ether oxygens (including phenoxy) is 1. The Labute approximate surface area is 60.2 Å². The van der Waals surface area contributed by atoms with Crippen LogP contribution in [0.4, 0.5) is 0 Å². The lowest BCUT2D eigenvalue weighted by molar-refractivity contribution is 0.0985. The Kier molecular flexibility index (Phi) is 1.39. The molecule has 1 fully saturated rings. The molecule has 10 heavy (non-hydrogen) atoms. The molecule has 3 rings (SSSR count). The van der Waals surface area contributed by atoms with Gasteiger partial charge in [-0.25, -0.2) is 0 Å². The van der Waals surface area contributed by atoms with E-state index in [1.807, 2.05) is 6.26 Å². The van der Waals surface area contributed by atoms with Gasteiger partial charge in [0, 0.05) is 18.6 Å². The van der Waals surface area contributed by atoms with Crippen molar-refractivity contribution in [1.82, 2.24) is 5.32 Å². The molecule has 2 atom stereocenters. The van der Waals surface area contributed by atoms with E-state index in [-0.39, 0.29) is 0 Å². The van der Waals surface area contributed by atoms with Crippen LogP contribution in [-0.2, 0) is 4.74 Å². The Hall–Kier alpha value is -0.540. The van der Waals surface area contributed by atoms with Gasteiger partial charge in [0.05, 0.1) is 12.9 Å². The summed E-state index contributed by atoms with van der Waals surface area (Å²) in [4.78, 5) is 0. The number of hydrogen-bond donors (Lipinski definition) is 2. The van der Waals surface area contributed by atoms with Gasteiger partial charge in [0.25, 0.3) is 0 Å². The predicted octanol–water partition coefficient (Wildman–Crippen LogP) is -0.205. The maximum Gasteiger partial charge on any atom is 0.0922 e.